The van der Waals surface area contributed by atoms with E-state index in [4.69, 9.17) is 0 Å². The lowest BCUT2D eigenvalue weighted by atomic mass is 10.4. The fourth-order valence-corrected chi connectivity index (χ4v) is 6.73. The molecule has 58 valence electrons. The second-order valence-corrected chi connectivity index (χ2v) is 13.7. The van der Waals surface area contributed by atoms with Crippen molar-refractivity contribution in [3.63, 3.8) is 0 Å². The minimum atomic E-state index is -0.675. The van der Waals surface area contributed by atoms with E-state index in [2.05, 4.69) is 33.5 Å². The summed E-state index contributed by atoms with van der Waals surface area (Å²) in [5.41, 5.74) is 0. The van der Waals surface area contributed by atoms with Crippen LogP contribution in [-0.4, -0.2) is 28.4 Å². The van der Waals surface area contributed by atoms with Gasteiger partial charge in [0.2, 0.25) is 0 Å². The lowest BCUT2D eigenvalue weighted by Crippen LogP contribution is -2.23. The van der Waals surface area contributed by atoms with Crippen LogP contribution in [0.1, 0.15) is 20.3 Å². The molecule has 0 rings (SSSR count). The maximum Gasteiger partial charge on any atom is 0.365 e. The molecule has 2 heteroatoms. The average molecular weight is 169 g/mol. The first kappa shape index (κ1) is 11.0. The topological polar surface area (TPSA) is 0 Å². The molecule has 0 heterocycles. The van der Waals surface area contributed by atoms with E-state index in [1.165, 1.54) is 6.42 Å². The van der Waals surface area contributed by atoms with Crippen LogP contribution in [-0.2, 0) is 0 Å². The molecule has 0 saturated carbocycles. The highest BCUT2D eigenvalue weighted by atomic mass is 28.3. The predicted molar refractivity (Wildman–Crippen MR) is 53.6 cm³/mol. The van der Waals surface area contributed by atoms with Crippen molar-refractivity contribution in [1.29, 1.82) is 0 Å². The molecule has 0 radical (unpaired) electrons. The van der Waals surface area contributed by atoms with E-state index in [0.717, 1.165) is 4.05 Å². The smallest absolute Gasteiger partial charge is 0.149 e. The minimum Gasteiger partial charge on any atom is -0.149 e. The Hall–Kier alpha value is 0.983. The van der Waals surface area contributed by atoms with Gasteiger partial charge in [0.15, 0.2) is 0 Å². The summed E-state index contributed by atoms with van der Waals surface area (Å²) < 4.78 is 2.73. The summed E-state index contributed by atoms with van der Waals surface area (Å²) in [7, 11) is -0.675. The molecule has 0 amide bonds. The van der Waals surface area contributed by atoms with E-state index < -0.39 is 8.07 Å². The summed E-state index contributed by atoms with van der Waals surface area (Å²) in [4.78, 5) is 0. The van der Waals surface area contributed by atoms with Gasteiger partial charge >= 0.3 is 20.4 Å². The van der Waals surface area contributed by atoms with Gasteiger partial charge in [-0.3, -0.25) is 0 Å². The van der Waals surface area contributed by atoms with Gasteiger partial charge in [0.25, 0.3) is 0 Å². The van der Waals surface area contributed by atoms with Gasteiger partial charge in [-0.15, -0.1) is 8.22 Å². The fourth-order valence-electron chi connectivity index (χ4n) is 0.884. The molecule has 1 unspecified atom stereocenters. The molecule has 0 saturated heterocycles. The van der Waals surface area contributed by atoms with Gasteiger partial charge < -0.3 is 0 Å². The minimum absolute atomic E-state index is 0.293. The first-order chi connectivity index (χ1) is 4.45. The highest BCUT2D eigenvalue weighted by Crippen LogP contribution is 2.14. The lowest BCUT2D eigenvalue weighted by Gasteiger charge is -2.16. The summed E-state index contributed by atoms with van der Waals surface area (Å²) in [6.07, 6.45) is 1.41. The zero-order chi connectivity index (χ0) is 8.20. The molecule has 0 aliphatic carbocycles. The van der Waals surface area contributed by atoms with Gasteiger partial charge in [0.05, 0.1) is 0 Å². The second kappa shape index (κ2) is 4.78. The van der Waals surface area contributed by atoms with Crippen molar-refractivity contribution in [3.8, 4) is 0 Å². The SMILES string of the molecule is CC[CH](C)[Mg][CH2][Si](C)(C)C. The van der Waals surface area contributed by atoms with Crippen LogP contribution in [0.15, 0.2) is 0 Å². The molecule has 0 fully saturated rings. The van der Waals surface area contributed by atoms with Crippen LogP contribution in [0.4, 0.5) is 0 Å². The Bertz CT molecular complexity index is 85.7. The average Bonchev–Trinajstić information content (AvgIpc) is 1.81. The normalized spacial score (nSPS) is 14.5. The molecule has 0 aromatic carbocycles. The van der Waals surface area contributed by atoms with Gasteiger partial charge in [0.1, 0.15) is 0 Å². The summed E-state index contributed by atoms with van der Waals surface area (Å²) in [5.74, 6) is 0. The van der Waals surface area contributed by atoms with Gasteiger partial charge in [-0.25, -0.2) is 0 Å². The Morgan fingerprint density at radius 2 is 1.80 bits per heavy atom. The molecule has 0 aromatic rings. The van der Waals surface area contributed by atoms with Crippen molar-refractivity contribution in [2.24, 2.45) is 0 Å². The first-order valence-electron chi connectivity index (χ1n) is 4.45. The highest BCUT2D eigenvalue weighted by Gasteiger charge is 2.15. The van der Waals surface area contributed by atoms with Gasteiger partial charge in [0, 0.05) is 8.07 Å². The maximum absolute atomic E-state index is 2.49. The van der Waals surface area contributed by atoms with Crippen LogP contribution >= 0.6 is 0 Å². The molecule has 0 bridgehead atoms. The first-order valence-corrected chi connectivity index (χ1v) is 9.98. The van der Waals surface area contributed by atoms with Crippen molar-refractivity contribution in [2.75, 3.05) is 0 Å². The zero-order valence-corrected chi connectivity index (χ0v) is 10.6. The van der Waals surface area contributed by atoms with Crippen molar-refractivity contribution in [2.45, 2.75) is 48.1 Å². The van der Waals surface area contributed by atoms with E-state index in [0.29, 0.717) is 20.4 Å². The maximum atomic E-state index is 2.49. The Morgan fingerprint density at radius 1 is 1.30 bits per heavy atom. The Morgan fingerprint density at radius 3 is 2.10 bits per heavy atom. The Kier molecular flexibility index (Phi) is 5.25. The van der Waals surface area contributed by atoms with Gasteiger partial charge in [-0.05, 0) is 0 Å². The van der Waals surface area contributed by atoms with E-state index in [9.17, 15) is 0 Å². The van der Waals surface area contributed by atoms with E-state index >= 15 is 0 Å². The summed E-state index contributed by atoms with van der Waals surface area (Å²) in [5, 5.41) is 0. The van der Waals surface area contributed by atoms with Gasteiger partial charge in [-0.2, -0.15) is 0 Å². The van der Waals surface area contributed by atoms with E-state index in [1.807, 2.05) is 0 Å². The van der Waals surface area contributed by atoms with Gasteiger partial charge in [-0.1, -0.05) is 39.9 Å². The van der Waals surface area contributed by atoms with Crippen molar-refractivity contribution < 1.29 is 0 Å². The molecular weight excluding hydrogens is 148 g/mol. The molecule has 0 N–H and O–H groups in total. The van der Waals surface area contributed by atoms with Crippen LogP contribution < -0.4 is 0 Å². The number of hydrogen-bond donors (Lipinski definition) is 0. The van der Waals surface area contributed by atoms with Crippen molar-refractivity contribution in [3.05, 3.63) is 0 Å². The molecular formula is C8H20MgSi. The third-order valence-electron chi connectivity index (χ3n) is 2.08. The van der Waals surface area contributed by atoms with E-state index in [-0.39, 0.29) is 0 Å². The third kappa shape index (κ3) is 7.09. The highest BCUT2D eigenvalue weighted by molar-refractivity contribution is 6.83. The van der Waals surface area contributed by atoms with Crippen molar-refractivity contribution >= 4 is 28.4 Å². The summed E-state index contributed by atoms with van der Waals surface area (Å²) >= 11 is 0.293. The van der Waals surface area contributed by atoms with Crippen LogP contribution in [0.3, 0.4) is 0 Å². The Labute approximate surface area is 76.5 Å². The predicted octanol–water partition coefficient (Wildman–Crippen LogP) is 3.20. The largest absolute Gasteiger partial charge is 0.365 e. The molecule has 10 heavy (non-hydrogen) atoms. The number of hydrogen-bond acceptors (Lipinski definition) is 0. The molecule has 0 spiro atoms. The van der Waals surface area contributed by atoms with Crippen LogP contribution in [0, 0.1) is 0 Å². The van der Waals surface area contributed by atoms with Crippen molar-refractivity contribution in [1.82, 2.24) is 0 Å². The van der Waals surface area contributed by atoms with E-state index in [1.54, 1.807) is 4.17 Å². The zero-order valence-electron chi connectivity index (χ0n) is 8.20. The second-order valence-electron chi connectivity index (χ2n) is 4.61. The number of rotatable bonds is 4. The molecule has 0 aliphatic heterocycles. The molecule has 1 atom stereocenters. The monoisotopic (exact) mass is 168 g/mol. The van der Waals surface area contributed by atoms with Crippen LogP contribution in [0.2, 0.25) is 27.9 Å². The molecule has 0 aromatic heterocycles. The standard InChI is InChI=1S/C4H11Si.C4H9.Mg/c1-5(2,3)4;1-3-4-2;/h1H2,2-4H3;3H,4H2,1-2H3;. The summed E-state index contributed by atoms with van der Waals surface area (Å²) in [6.45, 7) is 12.2. The lowest BCUT2D eigenvalue weighted by molar-refractivity contribution is 0.869. The summed E-state index contributed by atoms with van der Waals surface area (Å²) in [6, 6.07) is 0. The van der Waals surface area contributed by atoms with Crippen LogP contribution in [0.5, 0.6) is 0 Å². The molecule has 0 nitrogen and oxygen atoms in total. The third-order valence-corrected chi connectivity index (χ3v) is 10.8. The Balaban J connectivity index is 3.36. The quantitative estimate of drug-likeness (QED) is 0.566. The van der Waals surface area contributed by atoms with Crippen LogP contribution in [0.25, 0.3) is 0 Å². The fraction of sp³-hybridized carbons (Fsp3) is 1.00. The molecule has 0 aliphatic rings.